The number of Topliss-reactive ketones (excluding diaryl/α,β-unsaturated/α-hetero) is 1. The molecule has 0 bridgehead atoms. The van der Waals surface area contributed by atoms with Crippen LogP contribution < -0.4 is 0 Å². The van der Waals surface area contributed by atoms with E-state index in [0.29, 0.717) is 22.3 Å². The Morgan fingerprint density at radius 1 is 1.12 bits per heavy atom. The summed E-state index contributed by atoms with van der Waals surface area (Å²) < 4.78 is 41.7. The highest BCUT2D eigenvalue weighted by atomic mass is 19.4. The van der Waals surface area contributed by atoms with Crippen LogP contribution in [0.2, 0.25) is 0 Å². The predicted molar refractivity (Wildman–Crippen MR) is 124 cm³/mol. The topological polar surface area (TPSA) is 42.2 Å². The van der Waals surface area contributed by atoms with Gasteiger partial charge in [-0.15, -0.1) is 0 Å². The normalized spacial score (nSPS) is 16.0. The molecule has 1 N–H and O–H groups in total. The molecule has 4 rings (SSSR count). The number of alkyl halides is 3. The summed E-state index contributed by atoms with van der Waals surface area (Å²) in [7, 11) is 1.87. The van der Waals surface area contributed by atoms with Crippen molar-refractivity contribution in [1.29, 1.82) is 0 Å². The highest BCUT2D eigenvalue weighted by Gasteiger charge is 2.38. The minimum absolute atomic E-state index is 0.112. The molecule has 1 aliphatic rings. The highest BCUT2D eigenvalue weighted by molar-refractivity contribution is 6.40. The van der Waals surface area contributed by atoms with Crippen molar-refractivity contribution >= 4 is 22.3 Å². The van der Waals surface area contributed by atoms with Gasteiger partial charge >= 0.3 is 6.18 Å². The van der Waals surface area contributed by atoms with Gasteiger partial charge in [0.1, 0.15) is 5.76 Å². The van der Waals surface area contributed by atoms with Gasteiger partial charge in [-0.25, -0.2) is 0 Å². The lowest BCUT2D eigenvalue weighted by molar-refractivity contribution is -0.137. The summed E-state index contributed by atoms with van der Waals surface area (Å²) in [6.07, 6.45) is -1.18. The second-order valence-electron chi connectivity index (χ2n) is 8.96. The Kier molecular flexibility index (Phi) is 5.15. The van der Waals surface area contributed by atoms with E-state index in [1.54, 1.807) is 27.0 Å². The van der Waals surface area contributed by atoms with Crippen LogP contribution in [0.15, 0.2) is 78.2 Å². The van der Waals surface area contributed by atoms with Crippen LogP contribution in [0, 0.1) is 6.92 Å². The number of rotatable bonds is 4. The molecule has 0 saturated carbocycles. The van der Waals surface area contributed by atoms with E-state index in [1.807, 2.05) is 35.9 Å². The molecule has 0 saturated heterocycles. The Bertz CT molecular complexity index is 1380. The Hall–Kier alpha value is -3.54. The Morgan fingerprint density at radius 2 is 1.79 bits per heavy atom. The van der Waals surface area contributed by atoms with Gasteiger partial charge in [0.05, 0.1) is 16.7 Å². The maximum absolute atomic E-state index is 13.3. The fourth-order valence-corrected chi connectivity index (χ4v) is 4.35. The molecule has 33 heavy (non-hydrogen) atoms. The second-order valence-corrected chi connectivity index (χ2v) is 8.96. The molecule has 0 aliphatic heterocycles. The number of para-hydroxylation sites is 1. The second kappa shape index (κ2) is 7.51. The lowest BCUT2D eigenvalue weighted by Crippen LogP contribution is -2.25. The summed E-state index contributed by atoms with van der Waals surface area (Å²) in [6.45, 7) is 9.28. The van der Waals surface area contributed by atoms with Crippen LogP contribution in [0.3, 0.4) is 0 Å². The van der Waals surface area contributed by atoms with E-state index in [1.165, 1.54) is 12.1 Å². The van der Waals surface area contributed by atoms with Gasteiger partial charge in [0.25, 0.3) is 0 Å². The van der Waals surface area contributed by atoms with Gasteiger partial charge in [-0.05, 0) is 47.9 Å². The van der Waals surface area contributed by atoms with Gasteiger partial charge in [0.2, 0.25) is 5.78 Å². The number of hydrogen-bond donors (Lipinski definition) is 1. The number of allylic oxidation sites excluding steroid dienone is 4. The number of aryl methyl sites for hydroxylation is 2. The predicted octanol–water partition coefficient (Wildman–Crippen LogP) is 6.82. The zero-order chi connectivity index (χ0) is 24.3. The van der Waals surface area contributed by atoms with Crippen LogP contribution in [0.4, 0.5) is 13.2 Å². The molecule has 6 heteroatoms. The number of carbonyl (C=O) groups excluding carboxylic acids is 1. The van der Waals surface area contributed by atoms with Gasteiger partial charge in [0.15, 0.2) is 0 Å². The van der Waals surface area contributed by atoms with Gasteiger partial charge in [-0.2, -0.15) is 13.2 Å². The number of aromatic nitrogens is 1. The first-order valence-electron chi connectivity index (χ1n) is 10.5. The third-order valence-corrected chi connectivity index (χ3v) is 6.49. The molecular formula is C27H24F3NO2. The molecule has 3 aromatic rings. The van der Waals surface area contributed by atoms with Gasteiger partial charge < -0.3 is 9.67 Å². The van der Waals surface area contributed by atoms with Crippen molar-refractivity contribution in [3.8, 4) is 0 Å². The standard InChI is InChI=1S/C27H24F3NO2/c1-15-10-11-17(27(28,29)30)13-21(15)26(3,4)16(2)12-19-24(32)23(25(19)33)20-14-31(5)22-9-7-6-8-18(20)22/h6-14,32H,2H2,1,3-5H3/b19-12+. The van der Waals surface area contributed by atoms with E-state index in [9.17, 15) is 23.1 Å². The lowest BCUT2D eigenvalue weighted by Gasteiger charge is -2.30. The van der Waals surface area contributed by atoms with Crippen LogP contribution in [-0.2, 0) is 23.4 Å². The summed E-state index contributed by atoms with van der Waals surface area (Å²) in [5, 5.41) is 11.6. The summed E-state index contributed by atoms with van der Waals surface area (Å²) in [4.78, 5) is 13.0. The van der Waals surface area contributed by atoms with Crippen molar-refractivity contribution in [3.63, 3.8) is 0 Å². The van der Waals surface area contributed by atoms with Crippen LogP contribution in [0.1, 0.15) is 36.1 Å². The molecule has 1 aromatic heterocycles. The SMILES string of the molecule is C=C(/C=C1/C(=O)C(c2cn(C)c3ccccc23)=C1O)C(C)(C)c1cc(C(F)(F)F)ccc1C. The number of carbonyl (C=O) groups is 1. The van der Waals surface area contributed by atoms with Crippen LogP contribution >= 0.6 is 0 Å². The first-order chi connectivity index (χ1) is 15.3. The molecule has 3 nitrogen and oxygen atoms in total. The molecule has 0 radical (unpaired) electrons. The Labute approximate surface area is 190 Å². The number of aliphatic hydroxyl groups excluding tert-OH is 1. The summed E-state index contributed by atoms with van der Waals surface area (Å²) in [6, 6.07) is 11.2. The number of ketones is 1. The first-order valence-corrected chi connectivity index (χ1v) is 10.5. The number of halogens is 3. The Balaban J connectivity index is 1.72. The number of benzene rings is 2. The van der Waals surface area contributed by atoms with Crippen molar-refractivity contribution in [2.75, 3.05) is 0 Å². The molecule has 0 unspecified atom stereocenters. The maximum Gasteiger partial charge on any atom is 0.416 e. The number of fused-ring (bicyclic) bond motifs is 1. The smallest absolute Gasteiger partial charge is 0.416 e. The molecule has 170 valence electrons. The van der Waals surface area contributed by atoms with Gasteiger partial charge in [-0.3, -0.25) is 4.79 Å². The van der Waals surface area contributed by atoms with Crippen LogP contribution in [-0.4, -0.2) is 15.5 Å². The highest BCUT2D eigenvalue weighted by Crippen LogP contribution is 2.43. The number of aliphatic hydroxyl groups is 1. The zero-order valence-electron chi connectivity index (χ0n) is 18.8. The first kappa shape index (κ1) is 22.6. The summed E-state index contributed by atoms with van der Waals surface area (Å²) in [5.74, 6) is -0.448. The third-order valence-electron chi connectivity index (χ3n) is 6.49. The molecule has 0 amide bonds. The summed E-state index contributed by atoms with van der Waals surface area (Å²) >= 11 is 0. The molecule has 1 aliphatic carbocycles. The number of nitrogens with zero attached hydrogens (tertiary/aromatic N) is 1. The van der Waals surface area contributed by atoms with E-state index in [0.717, 1.165) is 23.0 Å². The molecule has 0 fully saturated rings. The summed E-state index contributed by atoms with van der Waals surface area (Å²) in [5.41, 5.74) is 1.87. The quantitative estimate of drug-likeness (QED) is 0.443. The molecule has 1 heterocycles. The van der Waals surface area contributed by atoms with E-state index in [4.69, 9.17) is 0 Å². The van der Waals surface area contributed by atoms with E-state index >= 15 is 0 Å². The number of hydrogen-bond acceptors (Lipinski definition) is 2. The van der Waals surface area contributed by atoms with Crippen LogP contribution in [0.25, 0.3) is 16.5 Å². The molecular weight excluding hydrogens is 427 g/mol. The van der Waals surface area contributed by atoms with Crippen molar-refractivity contribution in [3.05, 3.63) is 100 Å². The Morgan fingerprint density at radius 3 is 2.42 bits per heavy atom. The van der Waals surface area contributed by atoms with E-state index in [2.05, 4.69) is 6.58 Å². The minimum Gasteiger partial charge on any atom is -0.506 e. The van der Waals surface area contributed by atoms with Crippen LogP contribution in [0.5, 0.6) is 0 Å². The largest absolute Gasteiger partial charge is 0.506 e. The monoisotopic (exact) mass is 451 g/mol. The minimum atomic E-state index is -4.46. The molecule has 0 atom stereocenters. The zero-order valence-corrected chi connectivity index (χ0v) is 18.8. The molecule has 0 spiro atoms. The van der Waals surface area contributed by atoms with Crippen molar-refractivity contribution in [1.82, 2.24) is 4.57 Å². The molecule has 2 aromatic carbocycles. The third kappa shape index (κ3) is 3.59. The fraction of sp³-hybridized carbons (Fsp3) is 0.222. The van der Waals surface area contributed by atoms with Crippen molar-refractivity contribution in [2.45, 2.75) is 32.4 Å². The average Bonchev–Trinajstić information content (AvgIpc) is 3.07. The lowest BCUT2D eigenvalue weighted by atomic mass is 9.73. The average molecular weight is 451 g/mol. The van der Waals surface area contributed by atoms with Gasteiger partial charge in [0, 0.05) is 35.1 Å². The fourth-order valence-electron chi connectivity index (χ4n) is 4.35. The van der Waals surface area contributed by atoms with Crippen molar-refractivity contribution in [2.24, 2.45) is 7.05 Å². The van der Waals surface area contributed by atoms with E-state index < -0.39 is 17.2 Å². The van der Waals surface area contributed by atoms with Gasteiger partial charge in [-0.1, -0.05) is 44.7 Å². The van der Waals surface area contributed by atoms with Crippen molar-refractivity contribution < 1.29 is 23.1 Å². The maximum atomic E-state index is 13.3. The van der Waals surface area contributed by atoms with E-state index in [-0.39, 0.29) is 22.7 Å².